The van der Waals surface area contributed by atoms with Gasteiger partial charge in [0.1, 0.15) is 6.61 Å². The molecule has 1 fully saturated rings. The minimum Gasteiger partial charge on any atom is -0.449 e. The third-order valence-electron chi connectivity index (χ3n) is 5.26. The second kappa shape index (κ2) is 6.50. The smallest absolute Gasteiger partial charge is 0.407 e. The molecule has 2 aliphatic rings. The third kappa shape index (κ3) is 2.90. The Hall–Kier alpha value is -2.37. The number of rotatable bonds is 4. The van der Waals surface area contributed by atoms with Gasteiger partial charge in [-0.15, -0.1) is 0 Å². The van der Waals surface area contributed by atoms with Crippen LogP contribution in [0.25, 0.3) is 11.1 Å². The lowest BCUT2D eigenvalue weighted by molar-refractivity contribution is 0.114. The first-order valence-electron chi connectivity index (χ1n) is 8.67. The number of aliphatic hydroxyl groups excluding tert-OH is 1. The van der Waals surface area contributed by atoms with Gasteiger partial charge < -0.3 is 20.5 Å². The van der Waals surface area contributed by atoms with Crippen molar-refractivity contribution in [1.82, 2.24) is 10.6 Å². The molecule has 1 atom stereocenters. The molecule has 3 N–H and O–H groups in total. The molecule has 1 saturated heterocycles. The summed E-state index contributed by atoms with van der Waals surface area (Å²) in [6.45, 7) is 1.54. The highest BCUT2D eigenvalue weighted by Gasteiger charge is 2.36. The lowest BCUT2D eigenvalue weighted by atomic mass is 9.98. The molecule has 0 aromatic heterocycles. The summed E-state index contributed by atoms with van der Waals surface area (Å²) < 4.78 is 5.54. The van der Waals surface area contributed by atoms with E-state index in [4.69, 9.17) is 4.74 Å². The molecule has 1 amide bonds. The van der Waals surface area contributed by atoms with Gasteiger partial charge in [-0.2, -0.15) is 0 Å². The van der Waals surface area contributed by atoms with Crippen LogP contribution >= 0.6 is 0 Å². The quantitative estimate of drug-likeness (QED) is 0.800. The lowest BCUT2D eigenvalue weighted by Crippen LogP contribution is -2.53. The number of aliphatic hydroxyl groups is 1. The van der Waals surface area contributed by atoms with Crippen LogP contribution in [0.3, 0.4) is 0 Å². The Morgan fingerprint density at radius 3 is 2.36 bits per heavy atom. The van der Waals surface area contributed by atoms with E-state index >= 15 is 0 Å². The molecule has 25 heavy (non-hydrogen) atoms. The average Bonchev–Trinajstić information content (AvgIpc) is 3.23. The second-order valence-corrected chi connectivity index (χ2v) is 6.82. The number of amides is 1. The van der Waals surface area contributed by atoms with Crippen molar-refractivity contribution in [3.05, 3.63) is 59.7 Å². The molecule has 1 aliphatic carbocycles. The summed E-state index contributed by atoms with van der Waals surface area (Å²) in [4.78, 5) is 12.3. The summed E-state index contributed by atoms with van der Waals surface area (Å²) in [5.41, 5.74) is 4.19. The van der Waals surface area contributed by atoms with Gasteiger partial charge in [-0.3, -0.25) is 0 Å². The van der Waals surface area contributed by atoms with E-state index in [0.717, 1.165) is 6.54 Å². The normalized spacial score (nSPS) is 21.6. The van der Waals surface area contributed by atoms with Crippen molar-refractivity contribution >= 4 is 6.09 Å². The Kier molecular flexibility index (Phi) is 4.19. The second-order valence-electron chi connectivity index (χ2n) is 6.82. The molecule has 1 heterocycles. The van der Waals surface area contributed by atoms with Crippen LogP contribution < -0.4 is 10.6 Å². The summed E-state index contributed by atoms with van der Waals surface area (Å²) in [5.74, 6) is 0.0462. The number of carbonyl (C=O) groups excluding carboxylic acids is 1. The number of fused-ring (bicyclic) bond motifs is 3. The van der Waals surface area contributed by atoms with Gasteiger partial charge >= 0.3 is 6.09 Å². The predicted molar refractivity (Wildman–Crippen MR) is 95.5 cm³/mol. The first-order valence-corrected chi connectivity index (χ1v) is 8.67. The molecule has 2 aromatic carbocycles. The van der Waals surface area contributed by atoms with Crippen molar-refractivity contribution < 1.29 is 14.6 Å². The third-order valence-corrected chi connectivity index (χ3v) is 5.26. The van der Waals surface area contributed by atoms with Crippen LogP contribution in [-0.4, -0.2) is 43.0 Å². The largest absolute Gasteiger partial charge is 0.449 e. The van der Waals surface area contributed by atoms with Crippen LogP contribution in [0.4, 0.5) is 4.79 Å². The van der Waals surface area contributed by atoms with E-state index in [1.54, 1.807) is 0 Å². The molecule has 5 nitrogen and oxygen atoms in total. The monoisotopic (exact) mass is 338 g/mol. The Morgan fingerprint density at radius 2 is 1.80 bits per heavy atom. The zero-order chi connectivity index (χ0) is 17.3. The molecular formula is C20H22N2O3. The van der Waals surface area contributed by atoms with E-state index in [2.05, 4.69) is 34.9 Å². The van der Waals surface area contributed by atoms with E-state index in [9.17, 15) is 9.90 Å². The van der Waals surface area contributed by atoms with Gasteiger partial charge in [0, 0.05) is 12.5 Å². The number of alkyl carbamates (subject to hydrolysis) is 1. The van der Waals surface area contributed by atoms with E-state index < -0.39 is 11.6 Å². The van der Waals surface area contributed by atoms with Gasteiger partial charge in [-0.05, 0) is 35.2 Å². The van der Waals surface area contributed by atoms with E-state index in [1.807, 2.05) is 24.3 Å². The van der Waals surface area contributed by atoms with E-state index in [0.29, 0.717) is 13.0 Å². The maximum atomic E-state index is 12.3. The van der Waals surface area contributed by atoms with Crippen LogP contribution in [0.5, 0.6) is 0 Å². The van der Waals surface area contributed by atoms with Crippen LogP contribution in [0.1, 0.15) is 23.5 Å². The zero-order valence-electron chi connectivity index (χ0n) is 14.0. The predicted octanol–water partition coefficient (Wildman–Crippen LogP) is 2.25. The standard InChI is InChI=1S/C20H22N2O3/c23-13-20(9-10-21-12-20)22-19(24)25-11-18-16-7-3-1-5-14(16)15-6-2-4-8-17(15)18/h1-8,18,21,23H,9-13H2,(H,22,24). The van der Waals surface area contributed by atoms with Crippen molar-refractivity contribution in [2.75, 3.05) is 26.3 Å². The van der Waals surface area contributed by atoms with Crippen molar-refractivity contribution in [1.29, 1.82) is 0 Å². The first kappa shape index (κ1) is 16.1. The average molecular weight is 338 g/mol. The number of benzene rings is 2. The fourth-order valence-electron chi connectivity index (χ4n) is 3.88. The molecule has 0 bridgehead atoms. The Balaban J connectivity index is 1.49. The van der Waals surface area contributed by atoms with Gasteiger partial charge in [0.25, 0.3) is 0 Å². The summed E-state index contributed by atoms with van der Waals surface area (Å²) in [6, 6.07) is 16.5. The molecule has 4 rings (SSSR count). The number of ether oxygens (including phenoxy) is 1. The van der Waals surface area contributed by atoms with Crippen molar-refractivity contribution in [2.45, 2.75) is 17.9 Å². The zero-order valence-corrected chi connectivity index (χ0v) is 14.0. The van der Waals surface area contributed by atoms with Gasteiger partial charge in [0.05, 0.1) is 12.1 Å². The maximum absolute atomic E-state index is 12.3. The molecule has 0 spiro atoms. The van der Waals surface area contributed by atoms with Crippen molar-refractivity contribution in [2.24, 2.45) is 0 Å². The van der Waals surface area contributed by atoms with E-state index in [1.165, 1.54) is 22.3 Å². The summed E-state index contributed by atoms with van der Waals surface area (Å²) in [6.07, 6.45) is 0.229. The summed E-state index contributed by atoms with van der Waals surface area (Å²) >= 11 is 0. The van der Waals surface area contributed by atoms with Gasteiger partial charge in [-0.1, -0.05) is 48.5 Å². The molecule has 2 aromatic rings. The lowest BCUT2D eigenvalue weighted by Gasteiger charge is -2.27. The number of nitrogens with one attached hydrogen (secondary N) is 2. The fourth-order valence-corrected chi connectivity index (χ4v) is 3.88. The van der Waals surface area contributed by atoms with Crippen molar-refractivity contribution in [3.8, 4) is 11.1 Å². The molecule has 1 aliphatic heterocycles. The molecule has 5 heteroatoms. The molecule has 0 saturated carbocycles. The van der Waals surface area contributed by atoms with Crippen LogP contribution in [-0.2, 0) is 4.74 Å². The van der Waals surface area contributed by atoms with E-state index in [-0.39, 0.29) is 19.1 Å². The van der Waals surface area contributed by atoms with Crippen LogP contribution in [0.2, 0.25) is 0 Å². The highest BCUT2D eigenvalue weighted by molar-refractivity contribution is 5.79. The van der Waals surface area contributed by atoms with Gasteiger partial charge in [0.2, 0.25) is 0 Å². The topological polar surface area (TPSA) is 70.6 Å². The molecule has 0 radical (unpaired) electrons. The Morgan fingerprint density at radius 1 is 1.16 bits per heavy atom. The summed E-state index contributed by atoms with van der Waals surface area (Å²) in [7, 11) is 0. The number of carbonyl (C=O) groups is 1. The highest BCUT2D eigenvalue weighted by Crippen LogP contribution is 2.44. The minimum absolute atomic E-state index is 0.0462. The van der Waals surface area contributed by atoms with Crippen LogP contribution in [0, 0.1) is 0 Å². The minimum atomic E-state index is -0.609. The van der Waals surface area contributed by atoms with Gasteiger partial charge in [0.15, 0.2) is 0 Å². The maximum Gasteiger partial charge on any atom is 0.407 e. The fraction of sp³-hybridized carbons (Fsp3) is 0.350. The van der Waals surface area contributed by atoms with Gasteiger partial charge in [-0.25, -0.2) is 4.79 Å². The number of hydrogen-bond donors (Lipinski definition) is 3. The van der Waals surface area contributed by atoms with Crippen LogP contribution in [0.15, 0.2) is 48.5 Å². The number of hydrogen-bond acceptors (Lipinski definition) is 4. The van der Waals surface area contributed by atoms with Crippen molar-refractivity contribution in [3.63, 3.8) is 0 Å². The molecular weight excluding hydrogens is 316 g/mol. The molecule has 1 unspecified atom stereocenters. The summed E-state index contributed by atoms with van der Waals surface area (Å²) in [5, 5.41) is 15.6. The highest BCUT2D eigenvalue weighted by atomic mass is 16.5. The first-order chi connectivity index (χ1) is 12.2. The molecule has 130 valence electrons. The Labute approximate surface area is 147 Å². The Bertz CT molecular complexity index is 739. The SMILES string of the molecule is O=C(NC1(CO)CCNC1)OCC1c2ccccc2-c2ccccc21.